The molecule has 0 spiro atoms. The van der Waals surface area contributed by atoms with Gasteiger partial charge in [0.15, 0.2) is 5.96 Å². The van der Waals surface area contributed by atoms with E-state index < -0.39 is 0 Å². The Hall–Kier alpha value is -2.16. The Bertz CT molecular complexity index is 746. The van der Waals surface area contributed by atoms with E-state index in [1.165, 1.54) is 12.1 Å². The predicted octanol–water partition coefficient (Wildman–Crippen LogP) is 3.05. The Morgan fingerprint density at radius 1 is 1.00 bits per heavy atom. The number of guanidine groups is 1. The summed E-state index contributed by atoms with van der Waals surface area (Å²) in [4.78, 5) is 17.6. The number of rotatable bonds is 6. The Morgan fingerprint density at radius 3 is 2.15 bits per heavy atom. The second-order valence-electron chi connectivity index (χ2n) is 6.13. The summed E-state index contributed by atoms with van der Waals surface area (Å²) in [6.45, 7) is 1.30. The minimum absolute atomic E-state index is 0. The molecule has 2 aromatic rings. The molecule has 0 bridgehead atoms. The average molecular weight is 484 g/mol. The summed E-state index contributed by atoms with van der Waals surface area (Å²) in [5.41, 5.74) is 2.79. The predicted molar refractivity (Wildman–Crippen MR) is 118 cm³/mol. The van der Waals surface area contributed by atoms with Gasteiger partial charge in [0.2, 0.25) is 0 Å². The molecular formula is C20H26FIN4O. The monoisotopic (exact) mass is 484 g/mol. The van der Waals surface area contributed by atoms with Gasteiger partial charge in [-0.2, -0.15) is 0 Å². The molecule has 0 heterocycles. The lowest BCUT2D eigenvalue weighted by Crippen LogP contribution is -2.37. The van der Waals surface area contributed by atoms with E-state index in [9.17, 15) is 9.18 Å². The number of hydrogen-bond acceptors (Lipinski definition) is 2. The quantitative estimate of drug-likeness (QED) is 0.377. The number of halogens is 2. The van der Waals surface area contributed by atoms with Gasteiger partial charge in [0.05, 0.1) is 0 Å². The maximum absolute atomic E-state index is 12.9. The van der Waals surface area contributed by atoms with Crippen molar-refractivity contribution in [2.75, 3.05) is 27.7 Å². The van der Waals surface area contributed by atoms with Crippen LogP contribution in [0.4, 0.5) is 4.39 Å². The number of amides is 1. The van der Waals surface area contributed by atoms with Crippen LogP contribution in [-0.4, -0.2) is 44.5 Å². The number of carbonyl (C=O) groups is 1. The summed E-state index contributed by atoms with van der Waals surface area (Å²) >= 11 is 0. The smallest absolute Gasteiger partial charge is 0.253 e. The molecule has 0 saturated carbocycles. The molecule has 2 aromatic carbocycles. The zero-order valence-corrected chi connectivity index (χ0v) is 18.2. The van der Waals surface area contributed by atoms with Crippen LogP contribution in [0.5, 0.6) is 0 Å². The zero-order valence-electron chi connectivity index (χ0n) is 15.8. The summed E-state index contributed by atoms with van der Waals surface area (Å²) < 4.78 is 12.9. The van der Waals surface area contributed by atoms with Crippen LogP contribution in [0.15, 0.2) is 53.5 Å². The highest BCUT2D eigenvalue weighted by atomic mass is 127. The third-order valence-corrected chi connectivity index (χ3v) is 3.91. The number of hydrogen-bond donors (Lipinski definition) is 2. The van der Waals surface area contributed by atoms with Gasteiger partial charge >= 0.3 is 0 Å². The molecule has 0 saturated heterocycles. The summed E-state index contributed by atoms with van der Waals surface area (Å²) in [7, 11) is 5.19. The third-order valence-electron chi connectivity index (χ3n) is 3.91. The third kappa shape index (κ3) is 7.54. The molecule has 0 atom stereocenters. The Kier molecular flexibility index (Phi) is 9.77. The first-order chi connectivity index (χ1) is 12.5. The summed E-state index contributed by atoms with van der Waals surface area (Å²) in [6, 6.07) is 14.0. The molecule has 5 nitrogen and oxygen atoms in total. The topological polar surface area (TPSA) is 56.7 Å². The van der Waals surface area contributed by atoms with E-state index in [2.05, 4.69) is 15.6 Å². The lowest BCUT2D eigenvalue weighted by atomic mass is 10.1. The normalized spacial score (nSPS) is 10.7. The summed E-state index contributed by atoms with van der Waals surface area (Å²) in [5, 5.41) is 6.47. The number of benzene rings is 2. The van der Waals surface area contributed by atoms with E-state index in [0.717, 1.165) is 17.5 Å². The van der Waals surface area contributed by atoms with Crippen molar-refractivity contribution in [1.29, 1.82) is 0 Å². The Morgan fingerprint density at radius 2 is 1.59 bits per heavy atom. The van der Waals surface area contributed by atoms with Crippen molar-refractivity contribution in [2.24, 2.45) is 4.99 Å². The lowest BCUT2D eigenvalue weighted by Gasteiger charge is -2.13. The van der Waals surface area contributed by atoms with E-state index in [0.29, 0.717) is 24.6 Å². The highest BCUT2D eigenvalue weighted by Crippen LogP contribution is 2.06. The van der Waals surface area contributed by atoms with Crippen LogP contribution < -0.4 is 10.6 Å². The standard InChI is InChI=1S/C20H25FN4O.HI/c1-22-20(23-13-12-15-6-10-18(21)11-7-15)24-14-16-4-8-17(9-5-16)19(26)25(2)3;/h4-11H,12-14H2,1-3H3,(H2,22,23,24);1H. The van der Waals surface area contributed by atoms with Crippen LogP contribution in [0.3, 0.4) is 0 Å². The number of nitrogens with zero attached hydrogens (tertiary/aromatic N) is 2. The highest BCUT2D eigenvalue weighted by molar-refractivity contribution is 14.0. The number of nitrogens with one attached hydrogen (secondary N) is 2. The minimum atomic E-state index is -0.225. The number of carbonyl (C=O) groups excluding carboxylic acids is 1. The first-order valence-electron chi connectivity index (χ1n) is 8.49. The molecule has 0 aliphatic rings. The molecule has 27 heavy (non-hydrogen) atoms. The van der Waals surface area contributed by atoms with Crippen molar-refractivity contribution in [3.05, 3.63) is 71.0 Å². The van der Waals surface area contributed by atoms with Crippen LogP contribution in [0.1, 0.15) is 21.5 Å². The molecule has 0 unspecified atom stereocenters. The van der Waals surface area contributed by atoms with Gasteiger partial charge in [-0.05, 0) is 41.8 Å². The van der Waals surface area contributed by atoms with Crippen molar-refractivity contribution < 1.29 is 9.18 Å². The summed E-state index contributed by atoms with van der Waals surface area (Å²) in [5.74, 6) is 0.459. The molecule has 7 heteroatoms. The Labute approximate surface area is 177 Å². The molecular weight excluding hydrogens is 458 g/mol. The van der Waals surface area contributed by atoms with Crippen molar-refractivity contribution >= 4 is 35.8 Å². The molecule has 0 aliphatic heterocycles. The average Bonchev–Trinajstić information content (AvgIpc) is 2.65. The first-order valence-corrected chi connectivity index (χ1v) is 8.49. The van der Waals surface area contributed by atoms with Crippen molar-refractivity contribution in [3.63, 3.8) is 0 Å². The molecule has 146 valence electrons. The molecule has 0 radical (unpaired) electrons. The molecule has 2 N–H and O–H groups in total. The van der Waals surface area contributed by atoms with Crippen molar-refractivity contribution in [2.45, 2.75) is 13.0 Å². The van der Waals surface area contributed by atoms with Gasteiger partial charge in [-0.1, -0.05) is 24.3 Å². The highest BCUT2D eigenvalue weighted by Gasteiger charge is 2.07. The SMILES string of the molecule is CN=C(NCCc1ccc(F)cc1)NCc1ccc(C(=O)N(C)C)cc1.I. The lowest BCUT2D eigenvalue weighted by molar-refractivity contribution is 0.0827. The van der Waals surface area contributed by atoms with E-state index in [4.69, 9.17) is 0 Å². The largest absolute Gasteiger partial charge is 0.356 e. The fraction of sp³-hybridized carbons (Fsp3) is 0.300. The Balaban J connectivity index is 0.00000364. The second-order valence-corrected chi connectivity index (χ2v) is 6.13. The van der Waals surface area contributed by atoms with Crippen molar-refractivity contribution in [3.8, 4) is 0 Å². The molecule has 0 aliphatic carbocycles. The van der Waals surface area contributed by atoms with Gasteiger partial charge in [0.1, 0.15) is 5.82 Å². The van der Waals surface area contributed by atoms with E-state index in [-0.39, 0.29) is 35.7 Å². The van der Waals surface area contributed by atoms with E-state index >= 15 is 0 Å². The first kappa shape index (κ1) is 22.9. The molecule has 1 amide bonds. The maximum Gasteiger partial charge on any atom is 0.253 e. The molecule has 0 aromatic heterocycles. The maximum atomic E-state index is 12.9. The van der Waals surface area contributed by atoms with Crippen LogP contribution >= 0.6 is 24.0 Å². The van der Waals surface area contributed by atoms with Gasteiger partial charge in [-0.3, -0.25) is 9.79 Å². The van der Waals surface area contributed by atoms with Crippen LogP contribution in [0, 0.1) is 5.82 Å². The van der Waals surface area contributed by atoms with Gasteiger partial charge in [-0.15, -0.1) is 24.0 Å². The van der Waals surface area contributed by atoms with Gasteiger partial charge < -0.3 is 15.5 Å². The molecule has 2 rings (SSSR count). The van der Waals surface area contributed by atoms with Crippen LogP contribution in [-0.2, 0) is 13.0 Å². The fourth-order valence-corrected chi connectivity index (χ4v) is 2.41. The van der Waals surface area contributed by atoms with Crippen molar-refractivity contribution in [1.82, 2.24) is 15.5 Å². The van der Waals surface area contributed by atoms with E-state index in [1.807, 2.05) is 24.3 Å². The molecule has 0 fully saturated rings. The minimum Gasteiger partial charge on any atom is -0.356 e. The zero-order chi connectivity index (χ0) is 18.9. The van der Waals surface area contributed by atoms with Gasteiger partial charge in [0.25, 0.3) is 5.91 Å². The van der Waals surface area contributed by atoms with Crippen LogP contribution in [0.25, 0.3) is 0 Å². The van der Waals surface area contributed by atoms with E-state index in [1.54, 1.807) is 38.2 Å². The fourth-order valence-electron chi connectivity index (χ4n) is 2.41. The van der Waals surface area contributed by atoms with Gasteiger partial charge in [0, 0.05) is 39.8 Å². The summed E-state index contributed by atoms with van der Waals surface area (Å²) in [6.07, 6.45) is 0.780. The number of aliphatic imine (C=N–C) groups is 1. The van der Waals surface area contributed by atoms with Gasteiger partial charge in [-0.25, -0.2) is 4.39 Å². The second kappa shape index (κ2) is 11.5. The van der Waals surface area contributed by atoms with Crippen LogP contribution in [0.2, 0.25) is 0 Å².